The molecule has 3 rings (SSSR count). The summed E-state index contributed by atoms with van der Waals surface area (Å²) in [7, 11) is 0. The number of rotatable bonds is 3. The normalized spacial score (nSPS) is 38.6. The molecule has 1 unspecified atom stereocenters. The van der Waals surface area contributed by atoms with E-state index in [-0.39, 0.29) is 28.9 Å². The van der Waals surface area contributed by atoms with Crippen LogP contribution >= 0.6 is 0 Å². The summed E-state index contributed by atoms with van der Waals surface area (Å²) in [5.41, 5.74) is -0.464. The van der Waals surface area contributed by atoms with Gasteiger partial charge in [-0.2, -0.15) is 0 Å². The molecular formula is C15H23NO4. The second kappa shape index (κ2) is 4.72. The first kappa shape index (κ1) is 13.9. The molecule has 3 fully saturated rings. The molecule has 0 aromatic heterocycles. The van der Waals surface area contributed by atoms with Gasteiger partial charge in [-0.25, -0.2) is 0 Å². The molecule has 1 amide bonds. The molecule has 20 heavy (non-hydrogen) atoms. The Bertz CT molecular complexity index is 424. The Hall–Kier alpha value is -1.10. The van der Waals surface area contributed by atoms with E-state index in [4.69, 9.17) is 9.84 Å². The molecule has 2 N–H and O–H groups in total. The lowest BCUT2D eigenvalue weighted by molar-refractivity contribution is -0.182. The monoisotopic (exact) mass is 281 g/mol. The molecule has 5 heteroatoms. The van der Waals surface area contributed by atoms with Gasteiger partial charge in [-0.1, -0.05) is 13.3 Å². The van der Waals surface area contributed by atoms with E-state index >= 15 is 0 Å². The van der Waals surface area contributed by atoms with Crippen LogP contribution in [0, 0.1) is 11.3 Å². The van der Waals surface area contributed by atoms with E-state index in [0.29, 0.717) is 19.4 Å². The van der Waals surface area contributed by atoms with Crippen LogP contribution in [0.4, 0.5) is 0 Å². The first-order valence-electron chi connectivity index (χ1n) is 7.60. The highest BCUT2D eigenvalue weighted by atomic mass is 16.5. The highest BCUT2D eigenvalue weighted by Gasteiger charge is 2.51. The van der Waals surface area contributed by atoms with E-state index < -0.39 is 5.97 Å². The van der Waals surface area contributed by atoms with Crippen molar-refractivity contribution in [2.45, 2.75) is 63.5 Å². The quantitative estimate of drug-likeness (QED) is 0.825. The zero-order chi connectivity index (χ0) is 14.4. The minimum Gasteiger partial charge on any atom is -0.481 e. The minimum absolute atomic E-state index is 0.142. The Kier molecular flexibility index (Phi) is 3.27. The Morgan fingerprint density at radius 3 is 2.50 bits per heavy atom. The van der Waals surface area contributed by atoms with Gasteiger partial charge in [-0.3, -0.25) is 9.59 Å². The third-order valence-electron chi connectivity index (χ3n) is 5.42. The number of carboxylic acids is 1. The number of nitrogens with one attached hydrogen (secondary N) is 1. The second-order valence-electron chi connectivity index (χ2n) is 7.05. The first-order valence-corrected chi connectivity index (χ1v) is 7.60. The largest absolute Gasteiger partial charge is 0.481 e. The maximum absolute atomic E-state index is 12.3. The summed E-state index contributed by atoms with van der Waals surface area (Å²) < 4.78 is 5.80. The van der Waals surface area contributed by atoms with Crippen molar-refractivity contribution in [3.63, 3.8) is 0 Å². The number of carboxylic acid groups (broad SMARTS) is 1. The number of amides is 1. The van der Waals surface area contributed by atoms with Crippen LogP contribution in [0.1, 0.15) is 51.9 Å². The Labute approximate surface area is 119 Å². The highest BCUT2D eigenvalue weighted by molar-refractivity contribution is 5.83. The molecule has 2 saturated carbocycles. The van der Waals surface area contributed by atoms with E-state index in [0.717, 1.165) is 32.1 Å². The summed E-state index contributed by atoms with van der Waals surface area (Å²) in [4.78, 5) is 23.2. The predicted octanol–water partition coefficient (Wildman–Crippen LogP) is 1.71. The maximum Gasteiger partial charge on any atom is 0.306 e. The summed E-state index contributed by atoms with van der Waals surface area (Å²) in [6, 6.07) is 0.142. The molecule has 1 heterocycles. The second-order valence-corrected chi connectivity index (χ2v) is 7.05. The van der Waals surface area contributed by atoms with Crippen LogP contribution in [0.25, 0.3) is 0 Å². The van der Waals surface area contributed by atoms with Crippen molar-refractivity contribution >= 4 is 11.9 Å². The fraction of sp³-hybridized carbons (Fsp3) is 0.867. The van der Waals surface area contributed by atoms with Gasteiger partial charge in [-0.15, -0.1) is 0 Å². The molecule has 1 aliphatic heterocycles. The minimum atomic E-state index is -0.729. The molecular weight excluding hydrogens is 258 g/mol. The number of aliphatic carboxylic acids is 1. The molecule has 5 nitrogen and oxygen atoms in total. The standard InChI is InChI=1S/C15H23NO4/c1-14(4-2-5-14)13(19)16-11-3-6-20-15(9-11)7-10(8-15)12(17)18/h10-11H,2-9H2,1H3,(H,16,19)(H,17,18). The third kappa shape index (κ3) is 2.32. The van der Waals surface area contributed by atoms with Crippen molar-refractivity contribution in [1.82, 2.24) is 5.32 Å². The van der Waals surface area contributed by atoms with Crippen LogP contribution in [-0.4, -0.2) is 35.2 Å². The lowest BCUT2D eigenvalue weighted by Gasteiger charge is -2.50. The van der Waals surface area contributed by atoms with Crippen LogP contribution in [-0.2, 0) is 14.3 Å². The predicted molar refractivity (Wildman–Crippen MR) is 72.2 cm³/mol. The SMILES string of the molecule is CC1(C(=O)NC2CCOC3(C2)CC(C(=O)O)C3)CCC1. The molecule has 112 valence electrons. The Morgan fingerprint density at radius 2 is 1.95 bits per heavy atom. The number of carbonyl (C=O) groups excluding carboxylic acids is 1. The summed E-state index contributed by atoms with van der Waals surface area (Å²) in [6.07, 6.45) is 5.88. The van der Waals surface area contributed by atoms with Crippen LogP contribution in [0.15, 0.2) is 0 Å². The van der Waals surface area contributed by atoms with Crippen molar-refractivity contribution in [3.05, 3.63) is 0 Å². The van der Waals surface area contributed by atoms with E-state index in [2.05, 4.69) is 5.32 Å². The molecule has 3 aliphatic rings. The van der Waals surface area contributed by atoms with Crippen molar-refractivity contribution in [2.75, 3.05) is 6.61 Å². The summed E-state index contributed by atoms with van der Waals surface area (Å²) in [6.45, 7) is 2.65. The van der Waals surface area contributed by atoms with Gasteiger partial charge in [0.1, 0.15) is 0 Å². The Balaban J connectivity index is 1.54. The van der Waals surface area contributed by atoms with E-state index in [1.807, 2.05) is 6.92 Å². The zero-order valence-corrected chi connectivity index (χ0v) is 12.0. The average Bonchev–Trinajstić information content (AvgIpc) is 2.32. The number of hydrogen-bond donors (Lipinski definition) is 2. The van der Waals surface area contributed by atoms with Gasteiger partial charge >= 0.3 is 5.97 Å². The van der Waals surface area contributed by atoms with E-state index in [9.17, 15) is 9.59 Å². The van der Waals surface area contributed by atoms with Crippen LogP contribution < -0.4 is 5.32 Å². The molecule has 2 aliphatic carbocycles. The number of carbonyl (C=O) groups is 2. The highest BCUT2D eigenvalue weighted by Crippen LogP contribution is 2.47. The van der Waals surface area contributed by atoms with Gasteiger partial charge in [-0.05, 0) is 38.5 Å². The molecule has 0 radical (unpaired) electrons. The average molecular weight is 281 g/mol. The van der Waals surface area contributed by atoms with E-state index in [1.54, 1.807) is 0 Å². The number of ether oxygens (including phenoxy) is 1. The van der Waals surface area contributed by atoms with Gasteiger partial charge in [0.15, 0.2) is 0 Å². The van der Waals surface area contributed by atoms with Gasteiger partial charge in [0.25, 0.3) is 0 Å². The molecule has 0 aromatic carbocycles. The van der Waals surface area contributed by atoms with Crippen LogP contribution in [0.3, 0.4) is 0 Å². The fourth-order valence-corrected chi connectivity index (χ4v) is 3.74. The Morgan fingerprint density at radius 1 is 1.25 bits per heavy atom. The topological polar surface area (TPSA) is 75.6 Å². The summed E-state index contributed by atoms with van der Waals surface area (Å²) >= 11 is 0. The zero-order valence-electron chi connectivity index (χ0n) is 12.0. The number of hydrogen-bond acceptors (Lipinski definition) is 3. The van der Waals surface area contributed by atoms with Crippen molar-refractivity contribution < 1.29 is 19.4 Å². The van der Waals surface area contributed by atoms with Crippen molar-refractivity contribution in [2.24, 2.45) is 11.3 Å². The van der Waals surface area contributed by atoms with Gasteiger partial charge in [0.05, 0.1) is 11.5 Å². The van der Waals surface area contributed by atoms with Gasteiger partial charge in [0.2, 0.25) is 5.91 Å². The van der Waals surface area contributed by atoms with Crippen LogP contribution in [0.5, 0.6) is 0 Å². The van der Waals surface area contributed by atoms with Crippen LogP contribution in [0.2, 0.25) is 0 Å². The lowest BCUT2D eigenvalue weighted by Crippen LogP contribution is -2.58. The molecule has 1 spiro atoms. The maximum atomic E-state index is 12.3. The molecule has 1 saturated heterocycles. The van der Waals surface area contributed by atoms with E-state index in [1.165, 1.54) is 0 Å². The smallest absolute Gasteiger partial charge is 0.306 e. The summed E-state index contributed by atoms with van der Waals surface area (Å²) in [5, 5.41) is 12.1. The molecule has 0 bridgehead atoms. The first-order chi connectivity index (χ1) is 9.42. The van der Waals surface area contributed by atoms with Crippen molar-refractivity contribution in [3.8, 4) is 0 Å². The van der Waals surface area contributed by atoms with Gasteiger partial charge in [0, 0.05) is 18.1 Å². The third-order valence-corrected chi connectivity index (χ3v) is 5.42. The molecule has 1 atom stereocenters. The lowest BCUT2D eigenvalue weighted by atomic mass is 9.66. The van der Waals surface area contributed by atoms with Crippen molar-refractivity contribution in [1.29, 1.82) is 0 Å². The summed E-state index contributed by atoms with van der Waals surface area (Å²) in [5.74, 6) is -0.833. The van der Waals surface area contributed by atoms with Gasteiger partial charge < -0.3 is 15.2 Å². The molecule has 0 aromatic rings. The fourth-order valence-electron chi connectivity index (χ4n) is 3.74.